The Hall–Kier alpha value is -1.44. The maximum absolute atomic E-state index is 3.22. The zero-order valence-electron chi connectivity index (χ0n) is 9.46. The molecule has 1 heterocycles. The zero-order chi connectivity index (χ0) is 10.7. The van der Waals surface area contributed by atoms with Crippen molar-refractivity contribution in [3.05, 3.63) is 35.5 Å². The highest BCUT2D eigenvalue weighted by atomic mass is 15.1. The highest BCUT2D eigenvalue weighted by Gasteiger charge is 2.07. The maximum atomic E-state index is 3.22. The monoisotopic (exact) mass is 202 g/mol. The Morgan fingerprint density at radius 1 is 1.27 bits per heavy atom. The fourth-order valence-corrected chi connectivity index (χ4v) is 2.00. The summed E-state index contributed by atoms with van der Waals surface area (Å²) in [5, 5.41) is 3.22. The van der Waals surface area contributed by atoms with Crippen molar-refractivity contribution in [3.63, 3.8) is 0 Å². The minimum absolute atomic E-state index is 0.949. The van der Waals surface area contributed by atoms with E-state index in [0.29, 0.717) is 0 Å². The van der Waals surface area contributed by atoms with E-state index in [2.05, 4.69) is 48.3 Å². The molecule has 2 rings (SSSR count). The Morgan fingerprint density at radius 2 is 2.07 bits per heavy atom. The van der Waals surface area contributed by atoms with Gasteiger partial charge in [-0.1, -0.05) is 6.07 Å². The highest BCUT2D eigenvalue weighted by Crippen LogP contribution is 2.22. The molecule has 1 aromatic carbocycles. The van der Waals surface area contributed by atoms with Crippen molar-refractivity contribution in [3.8, 4) is 0 Å². The molecule has 1 aliphatic heterocycles. The lowest BCUT2D eigenvalue weighted by Gasteiger charge is -2.23. The van der Waals surface area contributed by atoms with Gasteiger partial charge >= 0.3 is 0 Å². The second-order valence-corrected chi connectivity index (χ2v) is 3.77. The SMILES string of the molecule is CCN(CC)c1ccc2c(c1)C=CNC2. The zero-order valence-corrected chi connectivity index (χ0v) is 9.46. The molecule has 0 aliphatic carbocycles. The molecule has 80 valence electrons. The van der Waals surface area contributed by atoms with Crippen LogP contribution in [0.1, 0.15) is 25.0 Å². The van der Waals surface area contributed by atoms with Crippen LogP contribution in [0.5, 0.6) is 0 Å². The summed E-state index contributed by atoms with van der Waals surface area (Å²) in [5.74, 6) is 0. The van der Waals surface area contributed by atoms with E-state index in [1.807, 2.05) is 6.20 Å². The first-order valence-corrected chi connectivity index (χ1v) is 5.63. The van der Waals surface area contributed by atoms with Gasteiger partial charge in [-0.05, 0) is 49.4 Å². The van der Waals surface area contributed by atoms with Crippen LogP contribution in [0.4, 0.5) is 5.69 Å². The van der Waals surface area contributed by atoms with Crippen LogP contribution in [0.15, 0.2) is 24.4 Å². The first-order chi connectivity index (χ1) is 7.35. The lowest BCUT2D eigenvalue weighted by molar-refractivity contribution is 0.847. The van der Waals surface area contributed by atoms with Gasteiger partial charge in [-0.3, -0.25) is 0 Å². The van der Waals surface area contributed by atoms with E-state index in [0.717, 1.165) is 19.6 Å². The van der Waals surface area contributed by atoms with Gasteiger partial charge in [0.25, 0.3) is 0 Å². The first kappa shape index (κ1) is 10.1. The van der Waals surface area contributed by atoms with E-state index in [-0.39, 0.29) is 0 Å². The smallest absolute Gasteiger partial charge is 0.0401 e. The minimum Gasteiger partial charge on any atom is -0.387 e. The molecule has 0 saturated heterocycles. The Morgan fingerprint density at radius 3 is 2.80 bits per heavy atom. The van der Waals surface area contributed by atoms with Gasteiger partial charge in [0, 0.05) is 25.3 Å². The molecule has 15 heavy (non-hydrogen) atoms. The normalized spacial score (nSPS) is 13.2. The Bertz CT molecular complexity index is 365. The van der Waals surface area contributed by atoms with Crippen molar-refractivity contribution in [1.29, 1.82) is 0 Å². The quantitative estimate of drug-likeness (QED) is 0.810. The molecule has 0 atom stereocenters. The topological polar surface area (TPSA) is 15.3 Å². The van der Waals surface area contributed by atoms with Crippen molar-refractivity contribution in [2.45, 2.75) is 20.4 Å². The second kappa shape index (κ2) is 4.39. The van der Waals surface area contributed by atoms with Crippen LogP contribution in [0.2, 0.25) is 0 Å². The van der Waals surface area contributed by atoms with Gasteiger partial charge in [0.05, 0.1) is 0 Å². The molecule has 1 aliphatic rings. The summed E-state index contributed by atoms with van der Waals surface area (Å²) >= 11 is 0. The summed E-state index contributed by atoms with van der Waals surface area (Å²) in [6.45, 7) is 7.47. The van der Waals surface area contributed by atoms with E-state index in [9.17, 15) is 0 Å². The standard InChI is InChI=1S/C13H18N2/c1-3-15(4-2)13-6-5-12-10-14-8-7-11(12)9-13/h5-9,14H,3-4,10H2,1-2H3. The summed E-state index contributed by atoms with van der Waals surface area (Å²) in [4.78, 5) is 2.37. The van der Waals surface area contributed by atoms with Crippen LogP contribution in [-0.4, -0.2) is 13.1 Å². The molecule has 0 fully saturated rings. The molecular formula is C13H18N2. The van der Waals surface area contributed by atoms with E-state index >= 15 is 0 Å². The number of nitrogens with zero attached hydrogens (tertiary/aromatic N) is 1. The molecule has 0 aromatic heterocycles. The molecule has 0 unspecified atom stereocenters. The van der Waals surface area contributed by atoms with Gasteiger partial charge in [0.1, 0.15) is 0 Å². The third kappa shape index (κ3) is 1.99. The van der Waals surface area contributed by atoms with Gasteiger partial charge in [-0.25, -0.2) is 0 Å². The minimum atomic E-state index is 0.949. The van der Waals surface area contributed by atoms with Crippen LogP contribution >= 0.6 is 0 Å². The molecule has 1 N–H and O–H groups in total. The number of nitrogens with one attached hydrogen (secondary N) is 1. The number of rotatable bonds is 3. The van der Waals surface area contributed by atoms with Crippen LogP contribution in [0, 0.1) is 0 Å². The fraction of sp³-hybridized carbons (Fsp3) is 0.385. The van der Waals surface area contributed by atoms with Crippen molar-refractivity contribution in [2.75, 3.05) is 18.0 Å². The average molecular weight is 202 g/mol. The van der Waals surface area contributed by atoms with Gasteiger partial charge in [0.15, 0.2) is 0 Å². The largest absolute Gasteiger partial charge is 0.387 e. The van der Waals surface area contributed by atoms with Crippen LogP contribution in [0.3, 0.4) is 0 Å². The third-order valence-electron chi connectivity index (χ3n) is 2.93. The third-order valence-corrected chi connectivity index (χ3v) is 2.93. The summed E-state index contributed by atoms with van der Waals surface area (Å²) in [7, 11) is 0. The molecular weight excluding hydrogens is 184 g/mol. The summed E-state index contributed by atoms with van der Waals surface area (Å²) in [5.41, 5.74) is 4.05. The highest BCUT2D eigenvalue weighted by molar-refractivity contribution is 5.63. The Kier molecular flexibility index (Phi) is 2.95. The van der Waals surface area contributed by atoms with Gasteiger partial charge in [0.2, 0.25) is 0 Å². The molecule has 0 spiro atoms. The van der Waals surface area contributed by atoms with E-state index in [4.69, 9.17) is 0 Å². The number of hydrogen-bond acceptors (Lipinski definition) is 2. The van der Waals surface area contributed by atoms with E-state index in [1.54, 1.807) is 0 Å². The lowest BCUT2D eigenvalue weighted by atomic mass is 10.0. The fourth-order valence-electron chi connectivity index (χ4n) is 2.00. The molecule has 0 radical (unpaired) electrons. The number of hydrogen-bond donors (Lipinski definition) is 1. The summed E-state index contributed by atoms with van der Waals surface area (Å²) < 4.78 is 0. The summed E-state index contributed by atoms with van der Waals surface area (Å²) in [6, 6.07) is 6.71. The van der Waals surface area contributed by atoms with Crippen LogP contribution in [-0.2, 0) is 6.54 Å². The van der Waals surface area contributed by atoms with Crippen LogP contribution in [0.25, 0.3) is 6.08 Å². The predicted molar refractivity (Wildman–Crippen MR) is 65.9 cm³/mol. The lowest BCUT2D eigenvalue weighted by Crippen LogP contribution is -2.22. The predicted octanol–water partition coefficient (Wildman–Crippen LogP) is 2.61. The van der Waals surface area contributed by atoms with Crippen molar-refractivity contribution >= 4 is 11.8 Å². The van der Waals surface area contributed by atoms with Gasteiger partial charge in [-0.15, -0.1) is 0 Å². The molecule has 0 amide bonds. The number of fused-ring (bicyclic) bond motifs is 1. The van der Waals surface area contributed by atoms with Crippen molar-refractivity contribution < 1.29 is 0 Å². The van der Waals surface area contributed by atoms with Crippen molar-refractivity contribution in [2.24, 2.45) is 0 Å². The molecule has 2 nitrogen and oxygen atoms in total. The van der Waals surface area contributed by atoms with E-state index < -0.39 is 0 Å². The van der Waals surface area contributed by atoms with Gasteiger partial charge < -0.3 is 10.2 Å². The van der Waals surface area contributed by atoms with Crippen LogP contribution < -0.4 is 10.2 Å². The second-order valence-electron chi connectivity index (χ2n) is 3.77. The Labute approximate surface area is 91.6 Å². The summed E-state index contributed by atoms with van der Waals surface area (Å²) in [6.07, 6.45) is 4.17. The van der Waals surface area contributed by atoms with Gasteiger partial charge in [-0.2, -0.15) is 0 Å². The Balaban J connectivity index is 2.32. The maximum Gasteiger partial charge on any atom is 0.0401 e. The average Bonchev–Trinajstić information content (AvgIpc) is 2.30. The molecule has 0 bridgehead atoms. The molecule has 0 saturated carbocycles. The molecule has 2 heteroatoms. The first-order valence-electron chi connectivity index (χ1n) is 5.63. The number of benzene rings is 1. The number of anilines is 1. The van der Waals surface area contributed by atoms with E-state index in [1.165, 1.54) is 16.8 Å². The molecule has 1 aromatic rings. The van der Waals surface area contributed by atoms with Crippen molar-refractivity contribution in [1.82, 2.24) is 5.32 Å².